The van der Waals surface area contributed by atoms with Crippen molar-refractivity contribution in [3.63, 3.8) is 0 Å². The fourth-order valence-electron chi connectivity index (χ4n) is 2.63. The Hall–Kier alpha value is -1.39. The van der Waals surface area contributed by atoms with Gasteiger partial charge in [0.2, 0.25) is 0 Å². The molecule has 1 saturated heterocycles. The van der Waals surface area contributed by atoms with Crippen LogP contribution in [-0.2, 0) is 9.53 Å². The molecule has 19 heavy (non-hydrogen) atoms. The minimum absolute atomic E-state index is 0.0833. The first-order valence-electron chi connectivity index (χ1n) is 6.72. The second-order valence-electron chi connectivity index (χ2n) is 5.21. The Morgan fingerprint density at radius 1 is 1.42 bits per heavy atom. The lowest BCUT2D eigenvalue weighted by Gasteiger charge is -2.41. The van der Waals surface area contributed by atoms with E-state index in [2.05, 4.69) is 11.8 Å². The molecule has 1 heterocycles. The lowest BCUT2D eigenvalue weighted by molar-refractivity contribution is -0.140. The SMILES string of the molecule is CC1CN(C(CC(=O)O)c2ccccc2)C(C)CO1. The summed E-state index contributed by atoms with van der Waals surface area (Å²) >= 11 is 0. The number of morpholine rings is 1. The monoisotopic (exact) mass is 263 g/mol. The second-order valence-corrected chi connectivity index (χ2v) is 5.21. The molecule has 1 aromatic carbocycles. The predicted molar refractivity (Wildman–Crippen MR) is 73.0 cm³/mol. The number of carboxylic acid groups (broad SMARTS) is 1. The van der Waals surface area contributed by atoms with Crippen LogP contribution in [0.2, 0.25) is 0 Å². The van der Waals surface area contributed by atoms with Gasteiger partial charge in [0.05, 0.1) is 19.1 Å². The number of carbonyl (C=O) groups is 1. The van der Waals surface area contributed by atoms with Crippen molar-refractivity contribution in [3.05, 3.63) is 35.9 Å². The highest BCUT2D eigenvalue weighted by molar-refractivity contribution is 5.68. The maximum absolute atomic E-state index is 11.2. The number of hydrogen-bond acceptors (Lipinski definition) is 3. The van der Waals surface area contributed by atoms with Gasteiger partial charge in [0.25, 0.3) is 0 Å². The van der Waals surface area contributed by atoms with Gasteiger partial charge in [0, 0.05) is 18.6 Å². The van der Waals surface area contributed by atoms with Crippen molar-refractivity contribution in [2.75, 3.05) is 13.2 Å². The topological polar surface area (TPSA) is 49.8 Å². The molecule has 104 valence electrons. The Balaban J connectivity index is 2.24. The summed E-state index contributed by atoms with van der Waals surface area (Å²) in [5.74, 6) is -0.764. The lowest BCUT2D eigenvalue weighted by Crippen LogP contribution is -2.49. The number of aliphatic carboxylic acids is 1. The Kier molecular flexibility index (Phi) is 4.56. The average molecular weight is 263 g/mol. The molecule has 1 fully saturated rings. The van der Waals surface area contributed by atoms with Crippen LogP contribution in [0.1, 0.15) is 31.9 Å². The molecule has 0 radical (unpaired) electrons. The van der Waals surface area contributed by atoms with E-state index in [4.69, 9.17) is 4.74 Å². The fraction of sp³-hybridized carbons (Fsp3) is 0.533. The molecule has 0 spiro atoms. The van der Waals surface area contributed by atoms with Gasteiger partial charge in [-0.15, -0.1) is 0 Å². The summed E-state index contributed by atoms with van der Waals surface area (Å²) in [6.07, 6.45) is 0.275. The van der Waals surface area contributed by atoms with E-state index in [9.17, 15) is 9.90 Å². The average Bonchev–Trinajstić information content (AvgIpc) is 2.40. The Morgan fingerprint density at radius 3 is 2.74 bits per heavy atom. The predicted octanol–water partition coefficient (Wildman–Crippen LogP) is 2.31. The summed E-state index contributed by atoms with van der Waals surface area (Å²) in [4.78, 5) is 13.4. The number of rotatable bonds is 4. The number of hydrogen-bond donors (Lipinski definition) is 1. The van der Waals surface area contributed by atoms with Crippen LogP contribution >= 0.6 is 0 Å². The van der Waals surface area contributed by atoms with E-state index in [0.717, 1.165) is 12.1 Å². The summed E-state index contributed by atoms with van der Waals surface area (Å²) < 4.78 is 5.62. The van der Waals surface area contributed by atoms with Crippen LogP contribution in [0.15, 0.2) is 30.3 Å². The number of nitrogens with zero attached hydrogens (tertiary/aromatic N) is 1. The van der Waals surface area contributed by atoms with Crippen molar-refractivity contribution in [1.82, 2.24) is 4.90 Å². The molecule has 4 heteroatoms. The molecule has 3 unspecified atom stereocenters. The third-order valence-corrected chi connectivity index (χ3v) is 3.61. The zero-order valence-corrected chi connectivity index (χ0v) is 11.5. The normalized spacial score (nSPS) is 26.0. The zero-order valence-electron chi connectivity index (χ0n) is 11.5. The van der Waals surface area contributed by atoms with E-state index in [1.54, 1.807) is 0 Å². The van der Waals surface area contributed by atoms with Crippen LogP contribution in [0.5, 0.6) is 0 Å². The van der Waals surface area contributed by atoms with Crippen molar-refractivity contribution in [2.45, 2.75) is 38.5 Å². The van der Waals surface area contributed by atoms with Gasteiger partial charge in [0.15, 0.2) is 0 Å². The van der Waals surface area contributed by atoms with Crippen LogP contribution in [-0.4, -0.2) is 41.3 Å². The molecule has 4 nitrogen and oxygen atoms in total. The largest absolute Gasteiger partial charge is 0.481 e. The quantitative estimate of drug-likeness (QED) is 0.905. The van der Waals surface area contributed by atoms with Gasteiger partial charge in [-0.1, -0.05) is 30.3 Å². The molecule has 0 aromatic heterocycles. The van der Waals surface area contributed by atoms with Gasteiger partial charge >= 0.3 is 5.97 Å². The van der Waals surface area contributed by atoms with Gasteiger partial charge in [-0.3, -0.25) is 9.69 Å². The molecule has 3 atom stereocenters. The third kappa shape index (κ3) is 3.55. The smallest absolute Gasteiger partial charge is 0.305 e. The maximum Gasteiger partial charge on any atom is 0.305 e. The third-order valence-electron chi connectivity index (χ3n) is 3.61. The highest BCUT2D eigenvalue weighted by atomic mass is 16.5. The van der Waals surface area contributed by atoms with Crippen molar-refractivity contribution in [3.8, 4) is 0 Å². The molecule has 1 aliphatic heterocycles. The molecular weight excluding hydrogens is 242 g/mol. The highest BCUT2D eigenvalue weighted by Crippen LogP contribution is 2.29. The standard InChI is InChI=1S/C15H21NO3/c1-11-10-19-12(2)9-16(11)14(8-15(17)18)13-6-4-3-5-7-13/h3-7,11-12,14H,8-10H2,1-2H3,(H,17,18). The Bertz CT molecular complexity index is 421. The zero-order chi connectivity index (χ0) is 13.8. The summed E-state index contributed by atoms with van der Waals surface area (Å²) in [7, 11) is 0. The van der Waals surface area contributed by atoms with Crippen LogP contribution in [0.3, 0.4) is 0 Å². The first kappa shape index (κ1) is 14.0. The first-order chi connectivity index (χ1) is 9.08. The molecule has 2 rings (SSSR count). The van der Waals surface area contributed by atoms with E-state index in [1.807, 2.05) is 37.3 Å². The Labute approximate surface area is 114 Å². The van der Waals surface area contributed by atoms with Crippen molar-refractivity contribution >= 4 is 5.97 Å². The van der Waals surface area contributed by atoms with Crippen molar-refractivity contribution in [1.29, 1.82) is 0 Å². The highest BCUT2D eigenvalue weighted by Gasteiger charge is 2.31. The van der Waals surface area contributed by atoms with Crippen molar-refractivity contribution < 1.29 is 14.6 Å². The molecule has 0 aliphatic carbocycles. The second kappa shape index (κ2) is 6.17. The van der Waals surface area contributed by atoms with E-state index in [0.29, 0.717) is 6.61 Å². The van der Waals surface area contributed by atoms with Crippen LogP contribution in [0, 0.1) is 0 Å². The first-order valence-corrected chi connectivity index (χ1v) is 6.72. The minimum Gasteiger partial charge on any atom is -0.481 e. The maximum atomic E-state index is 11.2. The van der Waals surface area contributed by atoms with Gasteiger partial charge < -0.3 is 9.84 Å². The van der Waals surface area contributed by atoms with Gasteiger partial charge in [0.1, 0.15) is 0 Å². The molecule has 0 amide bonds. The van der Waals surface area contributed by atoms with Crippen molar-refractivity contribution in [2.24, 2.45) is 0 Å². The van der Waals surface area contributed by atoms with Crippen LogP contribution < -0.4 is 0 Å². The van der Waals surface area contributed by atoms with Gasteiger partial charge in [-0.25, -0.2) is 0 Å². The van der Waals surface area contributed by atoms with E-state index < -0.39 is 5.97 Å². The fourth-order valence-corrected chi connectivity index (χ4v) is 2.63. The molecule has 1 aromatic rings. The summed E-state index contributed by atoms with van der Waals surface area (Å²) in [5, 5.41) is 9.17. The van der Waals surface area contributed by atoms with E-state index in [-0.39, 0.29) is 24.6 Å². The summed E-state index contributed by atoms with van der Waals surface area (Å²) in [5.41, 5.74) is 1.06. The molecular formula is C15H21NO3. The number of carboxylic acids is 1. The Morgan fingerprint density at radius 2 is 2.11 bits per heavy atom. The minimum atomic E-state index is -0.764. The van der Waals surface area contributed by atoms with E-state index >= 15 is 0 Å². The molecule has 1 N–H and O–H groups in total. The van der Waals surface area contributed by atoms with Gasteiger partial charge in [-0.2, -0.15) is 0 Å². The number of benzene rings is 1. The molecule has 1 aliphatic rings. The van der Waals surface area contributed by atoms with Crippen LogP contribution in [0.4, 0.5) is 0 Å². The molecule has 0 saturated carbocycles. The van der Waals surface area contributed by atoms with E-state index in [1.165, 1.54) is 0 Å². The summed E-state index contributed by atoms with van der Waals surface area (Å²) in [6.45, 7) is 5.55. The van der Waals surface area contributed by atoms with Gasteiger partial charge in [-0.05, 0) is 19.4 Å². The van der Waals surface area contributed by atoms with Crippen LogP contribution in [0.25, 0.3) is 0 Å². The lowest BCUT2D eigenvalue weighted by atomic mass is 9.99. The molecule has 0 bridgehead atoms. The summed E-state index contributed by atoms with van der Waals surface area (Å²) in [6, 6.07) is 10.0. The number of ether oxygens (including phenoxy) is 1.